The van der Waals surface area contributed by atoms with E-state index in [0.29, 0.717) is 5.88 Å². The Kier molecular flexibility index (Phi) is 6.59. The van der Waals surface area contributed by atoms with E-state index in [1.807, 2.05) is 29.1 Å². The first kappa shape index (κ1) is 17.6. The average molecular weight is 342 g/mol. The third kappa shape index (κ3) is 5.69. The first-order valence-electron chi connectivity index (χ1n) is 8.82. The summed E-state index contributed by atoms with van der Waals surface area (Å²) in [6, 6.07) is 4.01. The predicted octanol–water partition coefficient (Wildman–Crippen LogP) is 2.37. The van der Waals surface area contributed by atoms with Crippen LogP contribution in [0.4, 0.5) is 0 Å². The van der Waals surface area contributed by atoms with E-state index in [-0.39, 0.29) is 6.10 Å². The lowest BCUT2D eigenvalue weighted by atomic mass is 10.1. The second-order valence-corrected chi connectivity index (χ2v) is 6.26. The molecule has 3 rings (SSSR count). The van der Waals surface area contributed by atoms with Gasteiger partial charge in [0.15, 0.2) is 0 Å². The summed E-state index contributed by atoms with van der Waals surface area (Å²) in [6.07, 6.45) is 11.3. The molecule has 1 aliphatic heterocycles. The smallest absolute Gasteiger partial charge is 0.213 e. The Morgan fingerprint density at radius 3 is 2.88 bits per heavy atom. The van der Waals surface area contributed by atoms with Crippen molar-refractivity contribution >= 4 is 0 Å². The van der Waals surface area contributed by atoms with E-state index in [2.05, 4.69) is 27.5 Å². The molecule has 25 heavy (non-hydrogen) atoms. The van der Waals surface area contributed by atoms with Crippen molar-refractivity contribution in [3.05, 3.63) is 55.3 Å². The van der Waals surface area contributed by atoms with Crippen LogP contribution in [0.1, 0.15) is 18.4 Å². The standard InChI is InChI=1S/C19H26N4O2/c1-2-3-4-18(15-22-9-11-24-12-10-22)25-19-6-5-17(13-21-19)14-23-8-7-20-16-23/h2,5-8,13,16,18H,1,3-4,9-12,14-15H2/t18-/m1/s1. The molecule has 1 aliphatic rings. The number of morpholine rings is 1. The maximum absolute atomic E-state index is 6.15. The van der Waals surface area contributed by atoms with Crippen LogP contribution in [0.2, 0.25) is 0 Å². The molecule has 0 spiro atoms. The van der Waals surface area contributed by atoms with E-state index < -0.39 is 0 Å². The van der Waals surface area contributed by atoms with Crippen LogP contribution in [0.25, 0.3) is 0 Å². The Morgan fingerprint density at radius 1 is 1.32 bits per heavy atom. The molecule has 6 heteroatoms. The summed E-state index contributed by atoms with van der Waals surface area (Å²) in [5.74, 6) is 0.678. The molecule has 0 saturated carbocycles. The normalized spacial score (nSPS) is 16.5. The molecule has 1 saturated heterocycles. The van der Waals surface area contributed by atoms with Crippen molar-refractivity contribution in [2.75, 3.05) is 32.8 Å². The zero-order valence-corrected chi connectivity index (χ0v) is 14.6. The van der Waals surface area contributed by atoms with Gasteiger partial charge in [0.05, 0.1) is 26.1 Å². The number of imidazole rings is 1. The second kappa shape index (κ2) is 9.34. The molecule has 1 fully saturated rings. The fourth-order valence-electron chi connectivity index (χ4n) is 2.90. The van der Waals surface area contributed by atoms with Crippen LogP contribution in [0.3, 0.4) is 0 Å². The molecular weight excluding hydrogens is 316 g/mol. The van der Waals surface area contributed by atoms with Crippen LogP contribution < -0.4 is 4.74 Å². The molecule has 0 aromatic carbocycles. The molecule has 0 radical (unpaired) electrons. The number of nitrogens with zero attached hydrogens (tertiary/aromatic N) is 4. The van der Waals surface area contributed by atoms with E-state index >= 15 is 0 Å². The van der Waals surface area contributed by atoms with Crippen molar-refractivity contribution in [1.29, 1.82) is 0 Å². The summed E-state index contributed by atoms with van der Waals surface area (Å²) >= 11 is 0. The monoisotopic (exact) mass is 342 g/mol. The van der Waals surface area contributed by atoms with Gasteiger partial charge in [-0.15, -0.1) is 6.58 Å². The van der Waals surface area contributed by atoms with Gasteiger partial charge in [0.25, 0.3) is 0 Å². The van der Waals surface area contributed by atoms with Gasteiger partial charge in [0, 0.05) is 44.3 Å². The Labute approximate surface area is 149 Å². The summed E-state index contributed by atoms with van der Waals surface area (Å²) in [7, 11) is 0. The molecule has 0 amide bonds. The molecule has 2 aromatic heterocycles. The van der Waals surface area contributed by atoms with Crippen LogP contribution in [-0.2, 0) is 11.3 Å². The largest absolute Gasteiger partial charge is 0.473 e. The minimum absolute atomic E-state index is 0.114. The number of aromatic nitrogens is 3. The quantitative estimate of drug-likeness (QED) is 0.655. The van der Waals surface area contributed by atoms with Crippen molar-refractivity contribution < 1.29 is 9.47 Å². The van der Waals surface area contributed by atoms with E-state index in [0.717, 1.165) is 57.8 Å². The van der Waals surface area contributed by atoms with Crippen LogP contribution in [0.5, 0.6) is 5.88 Å². The Balaban J connectivity index is 1.56. The lowest BCUT2D eigenvalue weighted by Gasteiger charge is -2.30. The highest BCUT2D eigenvalue weighted by Gasteiger charge is 2.18. The van der Waals surface area contributed by atoms with E-state index in [9.17, 15) is 0 Å². The molecule has 0 aliphatic carbocycles. The average Bonchev–Trinajstić information content (AvgIpc) is 3.15. The van der Waals surface area contributed by atoms with Crippen molar-refractivity contribution in [3.63, 3.8) is 0 Å². The van der Waals surface area contributed by atoms with Gasteiger partial charge in [-0.25, -0.2) is 9.97 Å². The van der Waals surface area contributed by atoms with Gasteiger partial charge in [-0.05, 0) is 18.4 Å². The zero-order chi connectivity index (χ0) is 17.3. The molecule has 1 atom stereocenters. The summed E-state index contributed by atoms with van der Waals surface area (Å²) in [5, 5.41) is 0. The maximum atomic E-state index is 6.15. The highest BCUT2D eigenvalue weighted by Crippen LogP contribution is 2.15. The van der Waals surface area contributed by atoms with Crippen molar-refractivity contribution in [2.24, 2.45) is 0 Å². The van der Waals surface area contributed by atoms with Gasteiger partial charge >= 0.3 is 0 Å². The molecule has 0 unspecified atom stereocenters. The highest BCUT2D eigenvalue weighted by molar-refractivity contribution is 5.18. The highest BCUT2D eigenvalue weighted by atomic mass is 16.5. The Bertz CT molecular complexity index is 621. The van der Waals surface area contributed by atoms with Gasteiger partial charge in [0.2, 0.25) is 5.88 Å². The third-order valence-corrected chi connectivity index (χ3v) is 4.27. The maximum Gasteiger partial charge on any atom is 0.213 e. The van der Waals surface area contributed by atoms with Gasteiger partial charge in [-0.3, -0.25) is 4.90 Å². The van der Waals surface area contributed by atoms with Gasteiger partial charge in [-0.1, -0.05) is 12.1 Å². The van der Waals surface area contributed by atoms with E-state index in [4.69, 9.17) is 9.47 Å². The summed E-state index contributed by atoms with van der Waals surface area (Å²) in [5.41, 5.74) is 1.13. The number of allylic oxidation sites excluding steroid dienone is 1. The Morgan fingerprint density at radius 2 is 2.20 bits per heavy atom. The summed E-state index contributed by atoms with van der Waals surface area (Å²) < 4.78 is 13.6. The molecule has 134 valence electrons. The molecule has 3 heterocycles. The predicted molar refractivity (Wildman–Crippen MR) is 96.7 cm³/mol. The number of hydrogen-bond acceptors (Lipinski definition) is 5. The minimum Gasteiger partial charge on any atom is -0.473 e. The minimum atomic E-state index is 0.114. The van der Waals surface area contributed by atoms with Crippen LogP contribution in [0, 0.1) is 0 Å². The molecule has 6 nitrogen and oxygen atoms in total. The zero-order valence-electron chi connectivity index (χ0n) is 14.6. The van der Waals surface area contributed by atoms with Crippen LogP contribution in [-0.4, -0.2) is 58.4 Å². The SMILES string of the molecule is C=CCC[C@H](CN1CCOCC1)Oc1ccc(Cn2ccnc2)cn1. The summed E-state index contributed by atoms with van der Waals surface area (Å²) in [4.78, 5) is 10.9. The van der Waals surface area contributed by atoms with E-state index in [1.165, 1.54) is 0 Å². The lowest BCUT2D eigenvalue weighted by Crippen LogP contribution is -2.42. The number of pyridine rings is 1. The van der Waals surface area contributed by atoms with Crippen LogP contribution in [0.15, 0.2) is 49.7 Å². The second-order valence-electron chi connectivity index (χ2n) is 6.26. The van der Waals surface area contributed by atoms with Crippen molar-refractivity contribution in [3.8, 4) is 5.88 Å². The number of ether oxygens (including phenoxy) is 2. The van der Waals surface area contributed by atoms with Crippen molar-refractivity contribution in [2.45, 2.75) is 25.5 Å². The third-order valence-electron chi connectivity index (χ3n) is 4.27. The lowest BCUT2D eigenvalue weighted by molar-refractivity contribution is 0.0174. The van der Waals surface area contributed by atoms with E-state index in [1.54, 1.807) is 12.5 Å². The molecular formula is C19H26N4O2. The fourth-order valence-corrected chi connectivity index (χ4v) is 2.90. The van der Waals surface area contributed by atoms with Gasteiger partial charge < -0.3 is 14.0 Å². The van der Waals surface area contributed by atoms with Gasteiger partial charge in [-0.2, -0.15) is 0 Å². The first-order valence-corrected chi connectivity index (χ1v) is 8.82. The first-order chi connectivity index (χ1) is 12.3. The molecule has 0 N–H and O–H groups in total. The number of rotatable bonds is 9. The fraction of sp³-hybridized carbons (Fsp3) is 0.474. The summed E-state index contributed by atoms with van der Waals surface area (Å²) in [6.45, 7) is 9.01. The van der Waals surface area contributed by atoms with Crippen LogP contribution >= 0.6 is 0 Å². The Hall–Kier alpha value is -2.18. The topological polar surface area (TPSA) is 52.4 Å². The van der Waals surface area contributed by atoms with Crippen molar-refractivity contribution in [1.82, 2.24) is 19.4 Å². The molecule has 0 bridgehead atoms. The van der Waals surface area contributed by atoms with Gasteiger partial charge in [0.1, 0.15) is 6.10 Å². The number of hydrogen-bond donors (Lipinski definition) is 0. The molecule has 2 aromatic rings.